The lowest BCUT2D eigenvalue weighted by Gasteiger charge is -2.14. The van der Waals surface area contributed by atoms with Crippen LogP contribution in [0.15, 0.2) is 0 Å². The predicted molar refractivity (Wildman–Crippen MR) is 45.5 cm³/mol. The Labute approximate surface area is 59.7 Å². The van der Waals surface area contributed by atoms with E-state index in [2.05, 4.69) is 19.6 Å². The molecule has 0 atom stereocenters. The maximum atomic E-state index is 2.47. The average molecular weight is 142 g/mol. The highest BCUT2D eigenvalue weighted by Crippen LogP contribution is 2.35. The maximum Gasteiger partial charge on any atom is 0.0442 e. The van der Waals surface area contributed by atoms with Crippen LogP contribution in [0, 0.1) is 5.92 Å². The van der Waals surface area contributed by atoms with Gasteiger partial charge in [0.1, 0.15) is 0 Å². The third kappa shape index (κ3) is 3.74. The molecule has 0 aromatic heterocycles. The standard InChI is InChI=1S/C8H18Si/c1-9(2,3)7-6-8-4-5-8/h8H,4-7H2,1-3H3. The van der Waals surface area contributed by atoms with Crippen LogP contribution >= 0.6 is 0 Å². The van der Waals surface area contributed by atoms with Crippen LogP contribution in [0.2, 0.25) is 25.7 Å². The molecule has 0 radical (unpaired) electrons. The van der Waals surface area contributed by atoms with E-state index in [4.69, 9.17) is 0 Å². The van der Waals surface area contributed by atoms with E-state index in [1.54, 1.807) is 6.04 Å². The minimum atomic E-state index is -0.680. The number of hydrogen-bond acceptors (Lipinski definition) is 0. The fraction of sp³-hybridized carbons (Fsp3) is 1.00. The second-order valence-corrected chi connectivity index (χ2v) is 10.2. The van der Waals surface area contributed by atoms with Crippen molar-refractivity contribution in [1.29, 1.82) is 0 Å². The van der Waals surface area contributed by atoms with Gasteiger partial charge in [0.2, 0.25) is 0 Å². The van der Waals surface area contributed by atoms with E-state index >= 15 is 0 Å². The van der Waals surface area contributed by atoms with Crippen LogP contribution in [0.5, 0.6) is 0 Å². The van der Waals surface area contributed by atoms with Crippen LogP contribution < -0.4 is 0 Å². The van der Waals surface area contributed by atoms with Gasteiger partial charge in [0.25, 0.3) is 0 Å². The Morgan fingerprint density at radius 3 is 2.11 bits per heavy atom. The molecule has 1 saturated carbocycles. The van der Waals surface area contributed by atoms with Crippen LogP contribution in [0.25, 0.3) is 0 Å². The van der Waals surface area contributed by atoms with Gasteiger partial charge < -0.3 is 0 Å². The molecule has 0 saturated heterocycles. The summed E-state index contributed by atoms with van der Waals surface area (Å²) >= 11 is 0. The molecule has 54 valence electrons. The van der Waals surface area contributed by atoms with Gasteiger partial charge in [-0.3, -0.25) is 0 Å². The van der Waals surface area contributed by atoms with E-state index in [1.165, 1.54) is 19.3 Å². The van der Waals surface area contributed by atoms with Crippen LogP contribution in [0.4, 0.5) is 0 Å². The summed E-state index contributed by atoms with van der Waals surface area (Å²) < 4.78 is 0. The first-order chi connectivity index (χ1) is 4.08. The van der Waals surface area contributed by atoms with Crippen molar-refractivity contribution in [1.82, 2.24) is 0 Å². The highest BCUT2D eigenvalue weighted by Gasteiger charge is 2.23. The molecule has 0 nitrogen and oxygen atoms in total. The second-order valence-electron chi connectivity index (χ2n) is 4.54. The molecule has 1 heteroatoms. The number of hydrogen-bond donors (Lipinski definition) is 0. The average Bonchev–Trinajstić information content (AvgIpc) is 2.38. The third-order valence-electron chi connectivity index (χ3n) is 2.00. The van der Waals surface area contributed by atoms with E-state index in [0.717, 1.165) is 5.92 Å². The van der Waals surface area contributed by atoms with Crippen molar-refractivity contribution in [3.8, 4) is 0 Å². The van der Waals surface area contributed by atoms with Crippen molar-refractivity contribution >= 4 is 8.07 Å². The summed E-state index contributed by atoms with van der Waals surface area (Å²) in [6.07, 6.45) is 4.60. The van der Waals surface area contributed by atoms with Crippen molar-refractivity contribution in [2.24, 2.45) is 5.92 Å². The molecule has 0 amide bonds. The van der Waals surface area contributed by atoms with Gasteiger partial charge in [-0.25, -0.2) is 0 Å². The Hall–Kier alpha value is 0.217. The van der Waals surface area contributed by atoms with Gasteiger partial charge in [0, 0.05) is 8.07 Å². The van der Waals surface area contributed by atoms with Gasteiger partial charge in [-0.15, -0.1) is 0 Å². The molecule has 0 N–H and O–H groups in total. The monoisotopic (exact) mass is 142 g/mol. The topological polar surface area (TPSA) is 0 Å². The molecule has 1 aliphatic rings. The van der Waals surface area contributed by atoms with Crippen LogP contribution in [0.3, 0.4) is 0 Å². The molecular formula is C8H18Si. The summed E-state index contributed by atoms with van der Waals surface area (Å²) in [4.78, 5) is 0. The lowest BCUT2D eigenvalue weighted by atomic mass is 10.3. The fourth-order valence-corrected chi connectivity index (χ4v) is 2.32. The van der Waals surface area contributed by atoms with Crippen LogP contribution in [0.1, 0.15) is 19.3 Å². The molecular weight excluding hydrogens is 124 g/mol. The summed E-state index contributed by atoms with van der Waals surface area (Å²) in [6.45, 7) is 7.40. The Morgan fingerprint density at radius 2 is 1.78 bits per heavy atom. The first-order valence-corrected chi connectivity index (χ1v) is 7.79. The summed E-state index contributed by atoms with van der Waals surface area (Å²) in [6, 6.07) is 1.55. The minimum absolute atomic E-state index is 0.680. The highest BCUT2D eigenvalue weighted by molar-refractivity contribution is 6.76. The predicted octanol–water partition coefficient (Wildman–Crippen LogP) is 3.12. The van der Waals surface area contributed by atoms with Crippen molar-refractivity contribution in [3.63, 3.8) is 0 Å². The molecule has 0 heterocycles. The normalized spacial score (nSPS) is 20.3. The zero-order chi connectivity index (χ0) is 6.91. The summed E-state index contributed by atoms with van der Waals surface area (Å²) in [5.41, 5.74) is 0. The molecule has 0 spiro atoms. The van der Waals surface area contributed by atoms with E-state index in [1.807, 2.05) is 0 Å². The van der Waals surface area contributed by atoms with Crippen molar-refractivity contribution < 1.29 is 0 Å². The molecule has 9 heavy (non-hydrogen) atoms. The Balaban J connectivity index is 2.03. The lowest BCUT2D eigenvalue weighted by Crippen LogP contribution is -2.18. The Bertz CT molecular complexity index is 87.2. The van der Waals surface area contributed by atoms with E-state index in [9.17, 15) is 0 Å². The van der Waals surface area contributed by atoms with Gasteiger partial charge in [-0.05, 0) is 5.92 Å². The fourth-order valence-electron chi connectivity index (χ4n) is 1.04. The van der Waals surface area contributed by atoms with Crippen molar-refractivity contribution in [2.45, 2.75) is 44.9 Å². The molecule has 0 aromatic carbocycles. The Kier molecular flexibility index (Phi) is 1.99. The quantitative estimate of drug-likeness (QED) is 0.531. The molecule has 1 aliphatic carbocycles. The summed E-state index contributed by atoms with van der Waals surface area (Å²) in [5.74, 6) is 1.15. The van der Waals surface area contributed by atoms with Gasteiger partial charge >= 0.3 is 0 Å². The first-order valence-electron chi connectivity index (χ1n) is 4.08. The van der Waals surface area contributed by atoms with Crippen molar-refractivity contribution in [3.05, 3.63) is 0 Å². The smallest absolute Gasteiger partial charge is 0.0442 e. The zero-order valence-corrected chi connectivity index (χ0v) is 7.91. The third-order valence-corrected chi connectivity index (χ3v) is 3.79. The Morgan fingerprint density at radius 1 is 1.22 bits per heavy atom. The molecule has 0 bridgehead atoms. The number of rotatable bonds is 3. The van der Waals surface area contributed by atoms with E-state index in [-0.39, 0.29) is 0 Å². The van der Waals surface area contributed by atoms with Crippen LogP contribution in [-0.2, 0) is 0 Å². The largest absolute Gasteiger partial charge is 0.0695 e. The van der Waals surface area contributed by atoms with Gasteiger partial charge in [-0.2, -0.15) is 0 Å². The zero-order valence-electron chi connectivity index (χ0n) is 6.91. The SMILES string of the molecule is C[Si](C)(C)CCC1CC1. The second kappa shape index (κ2) is 2.45. The maximum absolute atomic E-state index is 2.47. The van der Waals surface area contributed by atoms with Gasteiger partial charge in [0.05, 0.1) is 0 Å². The molecule has 1 rings (SSSR count). The van der Waals surface area contributed by atoms with E-state index < -0.39 is 8.07 Å². The summed E-state index contributed by atoms with van der Waals surface area (Å²) in [7, 11) is -0.680. The molecule has 0 aromatic rings. The summed E-state index contributed by atoms with van der Waals surface area (Å²) in [5, 5.41) is 0. The first kappa shape index (κ1) is 7.33. The van der Waals surface area contributed by atoms with E-state index in [0.29, 0.717) is 0 Å². The van der Waals surface area contributed by atoms with Gasteiger partial charge in [-0.1, -0.05) is 44.9 Å². The molecule has 0 aliphatic heterocycles. The molecule has 1 fully saturated rings. The highest BCUT2D eigenvalue weighted by atomic mass is 28.3. The lowest BCUT2D eigenvalue weighted by molar-refractivity contribution is 0.786. The van der Waals surface area contributed by atoms with Gasteiger partial charge in [0.15, 0.2) is 0 Å². The van der Waals surface area contributed by atoms with Crippen LogP contribution in [-0.4, -0.2) is 8.07 Å². The molecule has 0 unspecified atom stereocenters. The minimum Gasteiger partial charge on any atom is -0.0695 e. The van der Waals surface area contributed by atoms with Crippen molar-refractivity contribution in [2.75, 3.05) is 0 Å².